The van der Waals surface area contributed by atoms with Gasteiger partial charge in [0.25, 0.3) is 0 Å². The van der Waals surface area contributed by atoms with Crippen molar-refractivity contribution >= 4 is 11.6 Å². The second-order valence-corrected chi connectivity index (χ2v) is 9.46. The number of hydrogen-bond donors (Lipinski definition) is 1. The summed E-state index contributed by atoms with van der Waals surface area (Å²) in [6.07, 6.45) is 0. The molecule has 0 unspecified atom stereocenters. The zero-order valence-corrected chi connectivity index (χ0v) is 22.1. The molecule has 0 radical (unpaired) electrons. The predicted octanol–water partition coefficient (Wildman–Crippen LogP) is 4.41. The summed E-state index contributed by atoms with van der Waals surface area (Å²) in [5, 5.41) is 7.98. The van der Waals surface area contributed by atoms with Crippen LogP contribution in [0.5, 0.6) is 11.5 Å². The number of ether oxygens (including phenoxy) is 2. The van der Waals surface area contributed by atoms with E-state index in [1.54, 1.807) is 14.2 Å². The lowest BCUT2D eigenvalue weighted by molar-refractivity contribution is -0.117. The lowest BCUT2D eigenvalue weighted by Crippen LogP contribution is -2.47. The molecule has 3 aromatic carbocycles. The van der Waals surface area contributed by atoms with E-state index in [0.29, 0.717) is 6.54 Å². The van der Waals surface area contributed by atoms with Gasteiger partial charge in [-0.3, -0.25) is 9.69 Å². The molecule has 4 aromatic rings. The third kappa shape index (κ3) is 5.88. The molecule has 1 amide bonds. The summed E-state index contributed by atoms with van der Waals surface area (Å²) in [5.41, 5.74) is 5.47. The fourth-order valence-electron chi connectivity index (χ4n) is 4.54. The van der Waals surface area contributed by atoms with Crippen molar-refractivity contribution in [3.8, 4) is 39.7 Å². The van der Waals surface area contributed by atoms with Crippen molar-refractivity contribution in [2.45, 2.75) is 0 Å². The van der Waals surface area contributed by atoms with E-state index < -0.39 is 0 Å². The van der Waals surface area contributed by atoms with Gasteiger partial charge in [0.1, 0.15) is 11.5 Å². The molecule has 196 valence electrons. The maximum absolute atomic E-state index is 12.6. The monoisotopic (exact) mass is 511 g/mol. The molecule has 8 heteroatoms. The summed E-state index contributed by atoms with van der Waals surface area (Å²) in [6.45, 7) is 4.20. The van der Waals surface area contributed by atoms with E-state index in [0.717, 1.165) is 71.6 Å². The Labute approximate surface area is 223 Å². The largest absolute Gasteiger partial charge is 0.497 e. The van der Waals surface area contributed by atoms with Crippen molar-refractivity contribution in [3.05, 3.63) is 78.9 Å². The molecule has 1 N–H and O–H groups in total. The van der Waals surface area contributed by atoms with Crippen LogP contribution in [0.1, 0.15) is 0 Å². The summed E-state index contributed by atoms with van der Waals surface area (Å²) in [5.74, 6) is 1.60. The average Bonchev–Trinajstić information content (AvgIpc) is 3.40. The predicted molar refractivity (Wildman–Crippen MR) is 150 cm³/mol. The highest BCUT2D eigenvalue weighted by atomic mass is 16.5. The number of amides is 1. The van der Waals surface area contributed by atoms with Crippen molar-refractivity contribution in [1.29, 1.82) is 0 Å². The van der Waals surface area contributed by atoms with Crippen LogP contribution < -0.4 is 14.8 Å². The first kappa shape index (κ1) is 25.5. The van der Waals surface area contributed by atoms with Gasteiger partial charge in [0.05, 0.1) is 37.8 Å². The number of nitrogens with zero attached hydrogens (tertiary/aromatic N) is 4. The standard InChI is InChI=1S/C30H33N5O3/c1-33-16-18-34(19-17-33)21-30(36)31-24-8-10-25(11-9-24)35-29(23-6-14-27(38-3)15-7-23)20-28(32-35)22-4-12-26(37-2)13-5-22/h4-15,20H,16-19,21H2,1-3H3,(H,31,36). The van der Waals surface area contributed by atoms with Crippen LogP contribution in [-0.2, 0) is 4.79 Å². The number of piperazine rings is 1. The minimum Gasteiger partial charge on any atom is -0.497 e. The SMILES string of the molecule is COc1ccc(-c2cc(-c3ccc(OC)cc3)n(-c3ccc(NC(=O)CN4CCN(C)CC4)cc3)n2)cc1. The van der Waals surface area contributed by atoms with Crippen molar-refractivity contribution in [3.63, 3.8) is 0 Å². The van der Waals surface area contributed by atoms with Gasteiger partial charge in [0, 0.05) is 43.0 Å². The molecule has 1 aliphatic rings. The Kier molecular flexibility index (Phi) is 7.72. The fourth-order valence-corrected chi connectivity index (χ4v) is 4.54. The van der Waals surface area contributed by atoms with Crippen molar-refractivity contribution in [2.75, 3.05) is 59.3 Å². The number of carbonyl (C=O) groups excluding carboxylic acids is 1. The van der Waals surface area contributed by atoms with Crippen LogP contribution in [-0.4, -0.2) is 79.5 Å². The number of likely N-dealkylation sites (N-methyl/N-ethyl adjacent to an activating group) is 1. The molecule has 0 bridgehead atoms. The van der Waals surface area contributed by atoms with Crippen LogP contribution in [0, 0.1) is 0 Å². The summed E-state index contributed by atoms with van der Waals surface area (Å²) in [4.78, 5) is 17.1. The van der Waals surface area contributed by atoms with E-state index in [-0.39, 0.29) is 5.91 Å². The van der Waals surface area contributed by atoms with E-state index >= 15 is 0 Å². The number of methoxy groups -OCH3 is 2. The zero-order valence-electron chi connectivity index (χ0n) is 22.1. The van der Waals surface area contributed by atoms with Crippen LogP contribution in [0.4, 0.5) is 5.69 Å². The number of nitrogens with one attached hydrogen (secondary N) is 1. The van der Waals surface area contributed by atoms with Gasteiger partial charge in [0.2, 0.25) is 5.91 Å². The molecular formula is C30H33N5O3. The average molecular weight is 512 g/mol. The Hall–Kier alpha value is -4.14. The molecule has 2 heterocycles. The Bertz CT molecular complexity index is 1360. The molecule has 38 heavy (non-hydrogen) atoms. The summed E-state index contributed by atoms with van der Waals surface area (Å²) < 4.78 is 12.6. The second-order valence-electron chi connectivity index (χ2n) is 9.46. The topological polar surface area (TPSA) is 71.9 Å². The Morgan fingerprint density at radius 2 is 1.39 bits per heavy atom. The van der Waals surface area contributed by atoms with Crippen LogP contribution in [0.3, 0.4) is 0 Å². The Morgan fingerprint density at radius 1 is 0.816 bits per heavy atom. The van der Waals surface area contributed by atoms with E-state index in [1.807, 2.05) is 77.5 Å². The molecule has 5 rings (SSSR count). The van der Waals surface area contributed by atoms with Gasteiger partial charge in [-0.15, -0.1) is 0 Å². The van der Waals surface area contributed by atoms with E-state index in [9.17, 15) is 4.79 Å². The van der Waals surface area contributed by atoms with Gasteiger partial charge in [-0.2, -0.15) is 5.10 Å². The number of benzene rings is 3. The maximum atomic E-state index is 12.6. The smallest absolute Gasteiger partial charge is 0.238 e. The van der Waals surface area contributed by atoms with E-state index in [2.05, 4.69) is 28.2 Å². The summed E-state index contributed by atoms with van der Waals surface area (Å²) in [7, 11) is 5.43. The first-order chi connectivity index (χ1) is 18.5. The molecular weight excluding hydrogens is 478 g/mol. The second kappa shape index (κ2) is 11.5. The number of rotatable bonds is 8. The molecule has 1 aromatic heterocycles. The van der Waals surface area contributed by atoms with Gasteiger partial charge in [-0.1, -0.05) is 0 Å². The molecule has 1 aliphatic heterocycles. The highest BCUT2D eigenvalue weighted by molar-refractivity contribution is 5.92. The molecule has 1 fully saturated rings. The van der Waals surface area contributed by atoms with Crippen molar-refractivity contribution in [2.24, 2.45) is 0 Å². The molecule has 0 atom stereocenters. The van der Waals surface area contributed by atoms with E-state index in [1.165, 1.54) is 0 Å². The van der Waals surface area contributed by atoms with Gasteiger partial charge in [0.15, 0.2) is 0 Å². The zero-order chi connectivity index (χ0) is 26.5. The highest BCUT2D eigenvalue weighted by Crippen LogP contribution is 2.31. The van der Waals surface area contributed by atoms with Crippen LogP contribution in [0.15, 0.2) is 78.9 Å². The quantitative estimate of drug-likeness (QED) is 0.378. The Morgan fingerprint density at radius 3 is 1.97 bits per heavy atom. The minimum absolute atomic E-state index is 0.00195. The lowest BCUT2D eigenvalue weighted by Gasteiger charge is -2.31. The van der Waals surface area contributed by atoms with Gasteiger partial charge < -0.3 is 19.7 Å². The summed E-state index contributed by atoms with van der Waals surface area (Å²) in [6, 6.07) is 25.7. The molecule has 1 saturated heterocycles. The number of carbonyl (C=O) groups is 1. The number of aromatic nitrogens is 2. The van der Waals surface area contributed by atoms with Gasteiger partial charge in [-0.05, 0) is 85.9 Å². The lowest BCUT2D eigenvalue weighted by atomic mass is 10.1. The summed E-state index contributed by atoms with van der Waals surface area (Å²) >= 11 is 0. The first-order valence-electron chi connectivity index (χ1n) is 12.7. The third-order valence-corrected chi connectivity index (χ3v) is 6.84. The van der Waals surface area contributed by atoms with E-state index in [4.69, 9.17) is 14.6 Å². The molecule has 0 spiro atoms. The number of anilines is 1. The Balaban J connectivity index is 1.39. The highest BCUT2D eigenvalue weighted by Gasteiger charge is 2.17. The van der Waals surface area contributed by atoms with Gasteiger partial charge >= 0.3 is 0 Å². The fraction of sp³-hybridized carbons (Fsp3) is 0.267. The molecule has 0 aliphatic carbocycles. The minimum atomic E-state index is 0.00195. The number of hydrogen-bond acceptors (Lipinski definition) is 6. The van der Waals surface area contributed by atoms with Crippen molar-refractivity contribution < 1.29 is 14.3 Å². The molecule has 0 saturated carbocycles. The van der Waals surface area contributed by atoms with Crippen LogP contribution in [0.25, 0.3) is 28.2 Å². The van der Waals surface area contributed by atoms with Crippen LogP contribution >= 0.6 is 0 Å². The normalized spacial score (nSPS) is 14.3. The first-order valence-corrected chi connectivity index (χ1v) is 12.7. The van der Waals surface area contributed by atoms with Crippen LogP contribution in [0.2, 0.25) is 0 Å². The van der Waals surface area contributed by atoms with Gasteiger partial charge in [-0.25, -0.2) is 4.68 Å². The third-order valence-electron chi connectivity index (χ3n) is 6.84. The van der Waals surface area contributed by atoms with Crippen molar-refractivity contribution in [1.82, 2.24) is 19.6 Å². The molecule has 8 nitrogen and oxygen atoms in total. The maximum Gasteiger partial charge on any atom is 0.238 e.